The van der Waals surface area contributed by atoms with E-state index in [0.717, 1.165) is 19.4 Å². The monoisotopic (exact) mass is 476 g/mol. The second-order valence-electron chi connectivity index (χ2n) is 9.16. The maximum absolute atomic E-state index is 13.3. The van der Waals surface area contributed by atoms with Crippen molar-refractivity contribution in [3.8, 4) is 0 Å². The quantitative estimate of drug-likeness (QED) is 0.354. The first-order chi connectivity index (χ1) is 16.4. The number of hydrogen-bond acceptors (Lipinski definition) is 2. The lowest BCUT2D eigenvalue weighted by Gasteiger charge is -2.31. The van der Waals surface area contributed by atoms with E-state index >= 15 is 0 Å². The number of fused-ring (bicyclic) bond motifs is 1. The van der Waals surface area contributed by atoms with Gasteiger partial charge in [-0.3, -0.25) is 0 Å². The number of para-hydroxylation sites is 1. The van der Waals surface area contributed by atoms with Gasteiger partial charge in [0.05, 0.1) is 4.90 Å². The average molecular weight is 477 g/mol. The first-order valence-electron chi connectivity index (χ1n) is 11.7. The number of nitrogens with zero attached hydrogens (tertiary/aromatic N) is 2. The molecule has 4 aromatic rings. The van der Waals surface area contributed by atoms with Crippen molar-refractivity contribution in [2.45, 2.75) is 44.0 Å². The molecule has 176 valence electrons. The van der Waals surface area contributed by atoms with E-state index in [-0.39, 0.29) is 4.90 Å². The molecule has 1 saturated heterocycles. The Hall–Kier alpha value is -2.96. The minimum Gasteiger partial charge on any atom is -0.340 e. The second-order valence-corrected chi connectivity index (χ2v) is 11.1. The largest absolute Gasteiger partial charge is 0.340 e. The van der Waals surface area contributed by atoms with E-state index in [2.05, 4.69) is 66.9 Å². The summed E-state index contributed by atoms with van der Waals surface area (Å²) in [6.45, 7) is 6.07. The number of sulfonamides is 1. The van der Waals surface area contributed by atoms with Gasteiger partial charge in [0.15, 0.2) is 0 Å². The normalized spacial score (nSPS) is 15.7. The van der Waals surface area contributed by atoms with E-state index in [1.807, 2.05) is 0 Å². The van der Waals surface area contributed by atoms with E-state index < -0.39 is 15.8 Å². The molecule has 0 amide bonds. The van der Waals surface area contributed by atoms with Crippen LogP contribution in [0.1, 0.15) is 41.1 Å². The highest BCUT2D eigenvalue weighted by Crippen LogP contribution is 2.38. The standard InChI is InChI=1S/C28H29FN2O2S/c1-20-7-3-4-8-23(20)19-31-21(2)28(26-9-5-6-10-27(26)31)22-15-17-30(18-16-22)34(32,33)25-13-11-24(29)12-14-25/h3-14,22H,15-19H2,1-2H3. The molecule has 0 N–H and O–H groups in total. The van der Waals surface area contributed by atoms with Crippen LogP contribution >= 0.6 is 0 Å². The SMILES string of the molecule is Cc1ccccc1Cn1c(C)c(C2CCN(S(=O)(=O)c3ccc(F)cc3)CC2)c2ccccc21. The maximum Gasteiger partial charge on any atom is 0.243 e. The van der Waals surface area contributed by atoms with Gasteiger partial charge < -0.3 is 4.57 Å². The van der Waals surface area contributed by atoms with Gasteiger partial charge in [-0.25, -0.2) is 12.8 Å². The third kappa shape index (κ3) is 4.05. The summed E-state index contributed by atoms with van der Waals surface area (Å²) in [5, 5.41) is 1.26. The lowest BCUT2D eigenvalue weighted by Crippen LogP contribution is -2.38. The van der Waals surface area contributed by atoms with Crippen LogP contribution in [0, 0.1) is 19.7 Å². The Morgan fingerprint density at radius 1 is 0.882 bits per heavy atom. The first kappa shape index (κ1) is 22.8. The van der Waals surface area contributed by atoms with E-state index in [1.165, 1.54) is 57.6 Å². The number of aryl methyl sites for hydroxylation is 1. The Morgan fingerprint density at radius 2 is 1.53 bits per heavy atom. The predicted molar refractivity (Wildman–Crippen MR) is 134 cm³/mol. The first-order valence-corrected chi connectivity index (χ1v) is 13.2. The number of halogens is 1. The highest BCUT2D eigenvalue weighted by Gasteiger charge is 2.32. The molecule has 4 nitrogen and oxygen atoms in total. The van der Waals surface area contributed by atoms with Gasteiger partial charge in [0.1, 0.15) is 5.82 Å². The number of rotatable bonds is 5. The fourth-order valence-corrected chi connectivity index (χ4v) is 6.74. The van der Waals surface area contributed by atoms with Crippen LogP contribution in [-0.2, 0) is 16.6 Å². The van der Waals surface area contributed by atoms with Gasteiger partial charge in [-0.1, -0.05) is 42.5 Å². The summed E-state index contributed by atoms with van der Waals surface area (Å²) in [7, 11) is -3.62. The van der Waals surface area contributed by atoms with E-state index in [1.54, 1.807) is 4.31 Å². The summed E-state index contributed by atoms with van der Waals surface area (Å²) in [5.41, 5.74) is 6.39. The topological polar surface area (TPSA) is 42.3 Å². The molecular weight excluding hydrogens is 447 g/mol. The molecule has 0 unspecified atom stereocenters. The summed E-state index contributed by atoms with van der Waals surface area (Å²) in [6.07, 6.45) is 1.53. The summed E-state index contributed by atoms with van der Waals surface area (Å²) in [4.78, 5) is 0.151. The lowest BCUT2D eigenvalue weighted by atomic mass is 9.88. The second kappa shape index (κ2) is 9.01. The van der Waals surface area contributed by atoms with Gasteiger partial charge in [0.25, 0.3) is 0 Å². The van der Waals surface area contributed by atoms with Crippen molar-refractivity contribution < 1.29 is 12.8 Å². The van der Waals surface area contributed by atoms with Crippen molar-refractivity contribution >= 4 is 20.9 Å². The van der Waals surface area contributed by atoms with Crippen LogP contribution in [0.3, 0.4) is 0 Å². The van der Waals surface area contributed by atoms with Gasteiger partial charge >= 0.3 is 0 Å². The van der Waals surface area contributed by atoms with Gasteiger partial charge in [0, 0.05) is 36.2 Å². The van der Waals surface area contributed by atoms with Crippen LogP contribution in [0.15, 0.2) is 77.7 Å². The molecule has 2 heterocycles. The molecule has 0 bridgehead atoms. The summed E-state index contributed by atoms with van der Waals surface area (Å²) in [5.74, 6) is -0.141. The molecule has 0 saturated carbocycles. The van der Waals surface area contributed by atoms with Crippen LogP contribution in [0.5, 0.6) is 0 Å². The maximum atomic E-state index is 13.3. The van der Waals surface area contributed by atoms with Crippen LogP contribution in [0.2, 0.25) is 0 Å². The smallest absolute Gasteiger partial charge is 0.243 e. The fraction of sp³-hybridized carbons (Fsp3) is 0.286. The highest BCUT2D eigenvalue weighted by atomic mass is 32.2. The number of piperidine rings is 1. The van der Waals surface area contributed by atoms with E-state index in [0.29, 0.717) is 19.0 Å². The molecule has 0 atom stereocenters. The van der Waals surface area contributed by atoms with Gasteiger partial charge in [-0.15, -0.1) is 0 Å². The zero-order valence-corrected chi connectivity index (χ0v) is 20.4. The van der Waals surface area contributed by atoms with Crippen molar-refractivity contribution in [1.29, 1.82) is 0 Å². The lowest BCUT2D eigenvalue weighted by molar-refractivity contribution is 0.319. The number of aromatic nitrogens is 1. The van der Waals surface area contributed by atoms with Crippen molar-refractivity contribution in [3.63, 3.8) is 0 Å². The predicted octanol–water partition coefficient (Wildman–Crippen LogP) is 6.01. The third-order valence-corrected chi connectivity index (χ3v) is 9.10. The Morgan fingerprint density at radius 3 is 2.24 bits per heavy atom. The Labute approximate surface area is 200 Å². The molecule has 0 radical (unpaired) electrons. The van der Waals surface area contributed by atoms with Gasteiger partial charge in [-0.2, -0.15) is 4.31 Å². The van der Waals surface area contributed by atoms with Crippen molar-refractivity contribution in [1.82, 2.24) is 8.87 Å². The number of hydrogen-bond donors (Lipinski definition) is 0. The molecule has 1 aliphatic rings. The Balaban J connectivity index is 1.43. The molecule has 6 heteroatoms. The van der Waals surface area contributed by atoms with Crippen LogP contribution < -0.4 is 0 Å². The summed E-state index contributed by atoms with van der Waals surface area (Å²) < 4.78 is 43.3. The minimum absolute atomic E-state index is 0.151. The van der Waals surface area contributed by atoms with Crippen molar-refractivity contribution in [3.05, 3.63) is 101 Å². The van der Waals surface area contributed by atoms with Crippen molar-refractivity contribution in [2.75, 3.05) is 13.1 Å². The minimum atomic E-state index is -3.62. The fourth-order valence-electron chi connectivity index (χ4n) is 5.28. The molecule has 1 aromatic heterocycles. The highest BCUT2D eigenvalue weighted by molar-refractivity contribution is 7.89. The summed E-state index contributed by atoms with van der Waals surface area (Å²) in [6, 6.07) is 22.1. The van der Waals surface area contributed by atoms with E-state index in [9.17, 15) is 12.8 Å². The molecular formula is C28H29FN2O2S. The van der Waals surface area contributed by atoms with Crippen LogP contribution in [0.4, 0.5) is 4.39 Å². The number of benzene rings is 3. The molecule has 0 spiro atoms. The van der Waals surface area contributed by atoms with Crippen LogP contribution in [0.25, 0.3) is 10.9 Å². The molecule has 1 fully saturated rings. The Bertz CT molecular complexity index is 1430. The molecule has 34 heavy (non-hydrogen) atoms. The van der Waals surface area contributed by atoms with E-state index in [4.69, 9.17) is 0 Å². The van der Waals surface area contributed by atoms with Gasteiger partial charge in [0.2, 0.25) is 10.0 Å². The molecule has 1 aliphatic heterocycles. The Kier molecular flexibility index (Phi) is 6.04. The van der Waals surface area contributed by atoms with Crippen LogP contribution in [-0.4, -0.2) is 30.4 Å². The van der Waals surface area contributed by atoms with Gasteiger partial charge in [-0.05, 0) is 79.6 Å². The molecule has 3 aromatic carbocycles. The summed E-state index contributed by atoms with van der Waals surface area (Å²) >= 11 is 0. The third-order valence-electron chi connectivity index (χ3n) is 7.18. The average Bonchev–Trinajstić information content (AvgIpc) is 3.12. The van der Waals surface area contributed by atoms with Crippen molar-refractivity contribution in [2.24, 2.45) is 0 Å². The zero-order chi connectivity index (χ0) is 23.9. The molecule has 0 aliphatic carbocycles. The zero-order valence-electron chi connectivity index (χ0n) is 19.5. The molecule has 5 rings (SSSR count).